The van der Waals surface area contributed by atoms with Gasteiger partial charge in [0.15, 0.2) is 0 Å². The first kappa shape index (κ1) is 18.5. The molecule has 0 saturated carbocycles. The largest absolute Gasteiger partial charge is 0.342 e. The van der Waals surface area contributed by atoms with Crippen molar-refractivity contribution in [3.63, 3.8) is 0 Å². The maximum Gasteiger partial charge on any atom is 0.227 e. The van der Waals surface area contributed by atoms with E-state index in [-0.39, 0.29) is 17.2 Å². The summed E-state index contributed by atoms with van der Waals surface area (Å²) in [4.78, 5) is 24.2. The van der Waals surface area contributed by atoms with E-state index in [9.17, 15) is 4.79 Å². The number of hydrogen-bond donors (Lipinski definition) is 0. The number of nitrogens with zero attached hydrogens (tertiary/aromatic N) is 5. The first-order valence-corrected chi connectivity index (χ1v) is 9.46. The molecule has 0 aliphatic carbocycles. The smallest absolute Gasteiger partial charge is 0.227 e. The highest BCUT2D eigenvalue weighted by Crippen LogP contribution is 2.29. The van der Waals surface area contributed by atoms with Gasteiger partial charge in [0, 0.05) is 42.9 Å². The number of rotatable bonds is 3. The number of aryl methyl sites for hydroxylation is 2. The highest BCUT2D eigenvalue weighted by atomic mass is 16.2. The van der Waals surface area contributed by atoms with E-state index in [1.54, 1.807) is 6.20 Å². The van der Waals surface area contributed by atoms with Crippen molar-refractivity contribution < 1.29 is 4.79 Å². The summed E-state index contributed by atoms with van der Waals surface area (Å²) in [5.74, 6) is 1.24. The molecule has 2 aromatic rings. The predicted molar refractivity (Wildman–Crippen MR) is 102 cm³/mol. The monoisotopic (exact) mass is 355 g/mol. The molecule has 3 heterocycles. The third-order valence-electron chi connectivity index (χ3n) is 4.87. The second kappa shape index (κ2) is 7.17. The van der Waals surface area contributed by atoms with Gasteiger partial charge in [0.2, 0.25) is 5.91 Å². The van der Waals surface area contributed by atoms with Gasteiger partial charge in [0.1, 0.15) is 5.82 Å². The lowest BCUT2D eigenvalue weighted by atomic mass is 9.91. The fraction of sp³-hybridized carbons (Fsp3) is 0.600. The Balaban J connectivity index is 1.88. The molecule has 1 aliphatic heterocycles. The third kappa shape index (κ3) is 3.79. The van der Waals surface area contributed by atoms with Crippen molar-refractivity contribution in [3.05, 3.63) is 29.8 Å². The van der Waals surface area contributed by atoms with Crippen molar-refractivity contribution in [2.75, 3.05) is 13.1 Å². The van der Waals surface area contributed by atoms with Gasteiger partial charge in [0.05, 0.1) is 11.4 Å². The number of piperidine rings is 1. The fourth-order valence-electron chi connectivity index (χ4n) is 3.55. The number of hydrogen-bond acceptors (Lipinski definition) is 4. The zero-order chi connectivity index (χ0) is 18.9. The predicted octanol–water partition coefficient (Wildman–Crippen LogP) is 3.42. The lowest BCUT2D eigenvalue weighted by molar-refractivity contribution is -0.140. The van der Waals surface area contributed by atoms with Crippen LogP contribution in [0, 0.1) is 12.3 Å². The topological polar surface area (TPSA) is 63.9 Å². The summed E-state index contributed by atoms with van der Waals surface area (Å²) >= 11 is 0. The molecule has 1 fully saturated rings. The zero-order valence-electron chi connectivity index (χ0n) is 16.5. The van der Waals surface area contributed by atoms with E-state index in [4.69, 9.17) is 9.97 Å². The van der Waals surface area contributed by atoms with Crippen LogP contribution in [-0.2, 0) is 11.3 Å². The van der Waals surface area contributed by atoms with Gasteiger partial charge < -0.3 is 4.90 Å². The molecule has 6 heteroatoms. The second-order valence-electron chi connectivity index (χ2n) is 8.13. The Bertz CT molecular complexity index is 790. The maximum absolute atomic E-state index is 12.7. The molecular weight excluding hydrogens is 326 g/mol. The maximum atomic E-state index is 12.7. The van der Waals surface area contributed by atoms with Gasteiger partial charge in [-0.3, -0.25) is 9.48 Å². The van der Waals surface area contributed by atoms with Crippen LogP contribution in [0.15, 0.2) is 18.3 Å². The Morgan fingerprint density at radius 1 is 1.31 bits per heavy atom. The number of carbonyl (C=O) groups is 1. The van der Waals surface area contributed by atoms with E-state index in [1.165, 1.54) is 0 Å². The van der Waals surface area contributed by atoms with E-state index >= 15 is 0 Å². The third-order valence-corrected chi connectivity index (χ3v) is 4.87. The molecule has 1 atom stereocenters. The summed E-state index contributed by atoms with van der Waals surface area (Å²) in [6, 6.07) is 4.00. The van der Waals surface area contributed by atoms with Crippen LogP contribution in [0.1, 0.15) is 58.0 Å². The van der Waals surface area contributed by atoms with Gasteiger partial charge in [-0.25, -0.2) is 9.97 Å². The van der Waals surface area contributed by atoms with Crippen LogP contribution in [0.25, 0.3) is 11.4 Å². The molecular formula is C20H29N5O. The lowest BCUT2D eigenvalue weighted by Crippen LogP contribution is -2.44. The molecule has 0 radical (unpaired) electrons. The quantitative estimate of drug-likeness (QED) is 0.846. The van der Waals surface area contributed by atoms with Crippen LogP contribution in [0.3, 0.4) is 0 Å². The van der Waals surface area contributed by atoms with Crippen molar-refractivity contribution in [2.24, 2.45) is 5.41 Å². The SMILES string of the molecule is CCn1nccc1-c1cc(C)nc([C@@H]2CCCN(C(=O)C(C)(C)C)C2)n1. The first-order chi connectivity index (χ1) is 12.3. The van der Waals surface area contributed by atoms with Crippen molar-refractivity contribution >= 4 is 5.91 Å². The van der Waals surface area contributed by atoms with Crippen molar-refractivity contribution in [1.29, 1.82) is 0 Å². The minimum absolute atomic E-state index is 0.187. The van der Waals surface area contributed by atoms with Crippen LogP contribution in [0.4, 0.5) is 0 Å². The Kier molecular flexibility index (Phi) is 5.12. The summed E-state index contributed by atoms with van der Waals surface area (Å²) in [5.41, 5.74) is 2.52. The van der Waals surface area contributed by atoms with Gasteiger partial charge >= 0.3 is 0 Å². The van der Waals surface area contributed by atoms with Gasteiger partial charge in [0.25, 0.3) is 0 Å². The van der Waals surface area contributed by atoms with E-state index in [2.05, 4.69) is 12.0 Å². The highest BCUT2D eigenvalue weighted by Gasteiger charge is 2.32. The standard InChI is InChI=1S/C20H29N5O/c1-6-25-17(9-10-21-25)16-12-14(2)22-18(23-16)15-8-7-11-24(13-15)19(26)20(3,4)5/h9-10,12,15H,6-8,11,13H2,1-5H3/t15-/m1/s1. The molecule has 1 saturated heterocycles. The van der Waals surface area contributed by atoms with Crippen LogP contribution in [0.5, 0.6) is 0 Å². The van der Waals surface area contributed by atoms with Crippen LogP contribution < -0.4 is 0 Å². The molecule has 1 amide bonds. The number of carbonyl (C=O) groups excluding carboxylic acids is 1. The summed E-state index contributed by atoms with van der Waals surface area (Å²) < 4.78 is 1.95. The van der Waals surface area contributed by atoms with Gasteiger partial charge in [-0.15, -0.1) is 0 Å². The normalized spacial score (nSPS) is 18.2. The van der Waals surface area contributed by atoms with E-state index in [0.717, 1.165) is 48.8 Å². The Labute approximate surface area is 155 Å². The van der Waals surface area contributed by atoms with E-state index in [1.807, 2.05) is 49.4 Å². The van der Waals surface area contributed by atoms with Crippen molar-refractivity contribution in [1.82, 2.24) is 24.6 Å². The summed E-state index contributed by atoms with van der Waals surface area (Å²) in [5, 5.41) is 4.35. The van der Waals surface area contributed by atoms with Crippen LogP contribution in [-0.4, -0.2) is 43.6 Å². The molecule has 0 spiro atoms. The van der Waals surface area contributed by atoms with Crippen LogP contribution in [0.2, 0.25) is 0 Å². The van der Waals surface area contributed by atoms with E-state index < -0.39 is 0 Å². The lowest BCUT2D eigenvalue weighted by Gasteiger charge is -2.36. The molecule has 1 aliphatic rings. The molecule has 140 valence electrons. The second-order valence-corrected chi connectivity index (χ2v) is 8.13. The molecule has 3 rings (SSSR count). The molecule has 0 bridgehead atoms. The first-order valence-electron chi connectivity index (χ1n) is 9.46. The molecule has 26 heavy (non-hydrogen) atoms. The Morgan fingerprint density at radius 3 is 2.77 bits per heavy atom. The molecule has 6 nitrogen and oxygen atoms in total. The Hall–Kier alpha value is -2.24. The summed E-state index contributed by atoms with van der Waals surface area (Å²) in [7, 11) is 0. The molecule has 2 aromatic heterocycles. The minimum atomic E-state index is -0.353. The van der Waals surface area contributed by atoms with Gasteiger partial charge in [-0.05, 0) is 38.8 Å². The van der Waals surface area contributed by atoms with Gasteiger partial charge in [-0.1, -0.05) is 20.8 Å². The van der Waals surface area contributed by atoms with Crippen LogP contribution >= 0.6 is 0 Å². The van der Waals surface area contributed by atoms with E-state index in [0.29, 0.717) is 6.54 Å². The molecule has 0 aromatic carbocycles. The zero-order valence-corrected chi connectivity index (χ0v) is 16.5. The average molecular weight is 355 g/mol. The molecule has 0 unspecified atom stereocenters. The fourth-order valence-corrected chi connectivity index (χ4v) is 3.55. The molecule has 0 N–H and O–H groups in total. The summed E-state index contributed by atoms with van der Waals surface area (Å²) in [6.45, 7) is 12.3. The number of aromatic nitrogens is 4. The van der Waals surface area contributed by atoms with Gasteiger partial charge in [-0.2, -0.15) is 5.10 Å². The minimum Gasteiger partial charge on any atom is -0.342 e. The van der Waals surface area contributed by atoms with Crippen molar-refractivity contribution in [2.45, 2.75) is 59.9 Å². The highest BCUT2D eigenvalue weighted by molar-refractivity contribution is 5.81. The summed E-state index contributed by atoms with van der Waals surface area (Å²) in [6.07, 6.45) is 3.82. The average Bonchev–Trinajstić information content (AvgIpc) is 3.08. The Morgan fingerprint density at radius 2 is 2.08 bits per heavy atom. The number of amides is 1. The number of likely N-dealkylation sites (tertiary alicyclic amines) is 1. The van der Waals surface area contributed by atoms with Crippen molar-refractivity contribution in [3.8, 4) is 11.4 Å².